The SMILES string of the molecule is CC(C)(NC(=O)c1cccs1)c1ccc(Cl)cc1. The average Bonchev–Trinajstić information content (AvgIpc) is 2.82. The molecule has 1 amide bonds. The summed E-state index contributed by atoms with van der Waals surface area (Å²) in [5, 5.41) is 5.61. The summed E-state index contributed by atoms with van der Waals surface area (Å²) in [5.41, 5.74) is 0.600. The minimum atomic E-state index is -0.425. The third-order valence-electron chi connectivity index (χ3n) is 2.74. The molecule has 1 aromatic carbocycles. The molecule has 94 valence electrons. The van der Waals surface area contributed by atoms with E-state index in [2.05, 4.69) is 5.32 Å². The molecule has 2 nitrogen and oxygen atoms in total. The molecular weight excluding hydrogens is 266 g/mol. The standard InChI is InChI=1S/C14H14ClNOS/c1-14(2,10-5-7-11(15)8-6-10)16-13(17)12-4-3-9-18-12/h3-9H,1-2H3,(H,16,17). The number of hydrogen-bond acceptors (Lipinski definition) is 2. The van der Waals surface area contributed by atoms with Gasteiger partial charge in [0.25, 0.3) is 5.91 Å². The Morgan fingerprint density at radius 2 is 1.89 bits per heavy atom. The predicted molar refractivity (Wildman–Crippen MR) is 76.3 cm³/mol. The summed E-state index contributed by atoms with van der Waals surface area (Å²) in [7, 11) is 0. The van der Waals surface area contributed by atoms with Crippen LogP contribution >= 0.6 is 22.9 Å². The normalized spacial score (nSPS) is 11.3. The second kappa shape index (κ2) is 5.12. The summed E-state index contributed by atoms with van der Waals surface area (Å²) in [6, 6.07) is 11.2. The van der Waals surface area contributed by atoms with Crippen LogP contribution in [0.5, 0.6) is 0 Å². The van der Waals surface area contributed by atoms with Crippen molar-refractivity contribution in [1.29, 1.82) is 0 Å². The fourth-order valence-electron chi connectivity index (χ4n) is 1.69. The van der Waals surface area contributed by atoms with Crippen molar-refractivity contribution in [3.63, 3.8) is 0 Å². The Kier molecular flexibility index (Phi) is 3.73. The van der Waals surface area contributed by atoms with E-state index in [9.17, 15) is 4.79 Å². The summed E-state index contributed by atoms with van der Waals surface area (Å²) in [6.07, 6.45) is 0. The van der Waals surface area contributed by atoms with Crippen LogP contribution in [0.3, 0.4) is 0 Å². The molecule has 0 saturated carbocycles. The average molecular weight is 280 g/mol. The first-order valence-corrected chi connectivity index (χ1v) is 6.87. The zero-order chi connectivity index (χ0) is 13.2. The van der Waals surface area contributed by atoms with Gasteiger partial charge in [-0.2, -0.15) is 0 Å². The van der Waals surface area contributed by atoms with Crippen molar-refractivity contribution >= 4 is 28.8 Å². The Hall–Kier alpha value is -1.32. The number of hydrogen-bond donors (Lipinski definition) is 1. The first-order valence-electron chi connectivity index (χ1n) is 5.61. The summed E-state index contributed by atoms with van der Waals surface area (Å²) in [5.74, 6) is -0.0510. The topological polar surface area (TPSA) is 29.1 Å². The molecule has 0 saturated heterocycles. The number of amides is 1. The lowest BCUT2D eigenvalue weighted by molar-refractivity contribution is 0.0916. The van der Waals surface area contributed by atoms with E-state index < -0.39 is 5.54 Å². The fourth-order valence-corrected chi connectivity index (χ4v) is 2.44. The Bertz CT molecular complexity index is 531. The number of rotatable bonds is 3. The van der Waals surface area contributed by atoms with E-state index in [4.69, 9.17) is 11.6 Å². The number of thiophene rings is 1. The maximum absolute atomic E-state index is 12.0. The van der Waals surface area contributed by atoms with Crippen molar-refractivity contribution in [1.82, 2.24) is 5.32 Å². The minimum Gasteiger partial charge on any atom is -0.342 e. The fraction of sp³-hybridized carbons (Fsp3) is 0.214. The van der Waals surface area contributed by atoms with Gasteiger partial charge in [-0.05, 0) is 43.0 Å². The number of carbonyl (C=O) groups is 1. The van der Waals surface area contributed by atoms with Crippen molar-refractivity contribution < 1.29 is 4.79 Å². The van der Waals surface area contributed by atoms with Crippen LogP contribution in [-0.2, 0) is 5.54 Å². The Morgan fingerprint density at radius 1 is 1.22 bits per heavy atom. The second-order valence-electron chi connectivity index (χ2n) is 4.56. The lowest BCUT2D eigenvalue weighted by atomic mass is 9.94. The lowest BCUT2D eigenvalue weighted by Crippen LogP contribution is -2.40. The monoisotopic (exact) mass is 279 g/mol. The van der Waals surface area contributed by atoms with Gasteiger partial charge in [-0.25, -0.2) is 0 Å². The molecule has 0 bridgehead atoms. The highest BCUT2D eigenvalue weighted by molar-refractivity contribution is 7.12. The number of halogens is 1. The van der Waals surface area contributed by atoms with Gasteiger partial charge in [0.05, 0.1) is 10.4 Å². The van der Waals surface area contributed by atoms with Crippen LogP contribution in [0.1, 0.15) is 29.1 Å². The number of carbonyl (C=O) groups excluding carboxylic acids is 1. The largest absolute Gasteiger partial charge is 0.342 e. The zero-order valence-corrected chi connectivity index (χ0v) is 11.8. The summed E-state index contributed by atoms with van der Waals surface area (Å²) >= 11 is 7.30. The van der Waals surface area contributed by atoms with E-state index in [0.717, 1.165) is 10.4 Å². The molecule has 0 unspecified atom stereocenters. The molecule has 0 fully saturated rings. The van der Waals surface area contributed by atoms with Crippen LogP contribution < -0.4 is 5.32 Å². The molecule has 0 atom stereocenters. The highest BCUT2D eigenvalue weighted by Gasteiger charge is 2.23. The van der Waals surface area contributed by atoms with Crippen molar-refractivity contribution in [2.24, 2.45) is 0 Å². The van der Waals surface area contributed by atoms with Gasteiger partial charge in [-0.1, -0.05) is 29.8 Å². The quantitative estimate of drug-likeness (QED) is 0.902. The van der Waals surface area contributed by atoms with Gasteiger partial charge >= 0.3 is 0 Å². The van der Waals surface area contributed by atoms with E-state index >= 15 is 0 Å². The van der Waals surface area contributed by atoms with Gasteiger partial charge in [-0.3, -0.25) is 4.79 Å². The van der Waals surface area contributed by atoms with Gasteiger partial charge in [0.15, 0.2) is 0 Å². The second-order valence-corrected chi connectivity index (χ2v) is 5.95. The smallest absolute Gasteiger partial charge is 0.262 e. The third-order valence-corrected chi connectivity index (χ3v) is 3.86. The molecule has 4 heteroatoms. The van der Waals surface area contributed by atoms with Gasteiger partial charge in [-0.15, -0.1) is 11.3 Å². The third kappa shape index (κ3) is 2.92. The van der Waals surface area contributed by atoms with Crippen LogP contribution in [0.25, 0.3) is 0 Å². The van der Waals surface area contributed by atoms with E-state index in [-0.39, 0.29) is 5.91 Å². The molecule has 0 spiro atoms. The highest BCUT2D eigenvalue weighted by atomic mass is 35.5. The van der Waals surface area contributed by atoms with Gasteiger partial charge in [0.1, 0.15) is 0 Å². The summed E-state index contributed by atoms with van der Waals surface area (Å²) in [6.45, 7) is 3.95. The van der Waals surface area contributed by atoms with E-state index in [1.165, 1.54) is 11.3 Å². The van der Waals surface area contributed by atoms with Crippen LogP contribution in [0.2, 0.25) is 5.02 Å². The van der Waals surface area contributed by atoms with Crippen molar-refractivity contribution in [2.45, 2.75) is 19.4 Å². The Morgan fingerprint density at radius 3 is 2.44 bits per heavy atom. The maximum Gasteiger partial charge on any atom is 0.262 e. The molecule has 0 aliphatic carbocycles. The number of benzene rings is 1. The molecule has 0 aliphatic rings. The van der Waals surface area contributed by atoms with E-state index in [1.54, 1.807) is 0 Å². The molecule has 0 aliphatic heterocycles. The van der Waals surface area contributed by atoms with Gasteiger partial charge < -0.3 is 5.32 Å². The van der Waals surface area contributed by atoms with Crippen LogP contribution in [-0.4, -0.2) is 5.91 Å². The molecular formula is C14H14ClNOS. The van der Waals surface area contributed by atoms with Crippen molar-refractivity contribution in [3.8, 4) is 0 Å². The molecule has 1 heterocycles. The van der Waals surface area contributed by atoms with Gasteiger partial charge in [0.2, 0.25) is 0 Å². The first kappa shape index (κ1) is 13.1. The van der Waals surface area contributed by atoms with Crippen LogP contribution in [0, 0.1) is 0 Å². The number of nitrogens with one attached hydrogen (secondary N) is 1. The molecule has 1 N–H and O–H groups in total. The maximum atomic E-state index is 12.0. The molecule has 18 heavy (non-hydrogen) atoms. The van der Waals surface area contributed by atoms with Crippen molar-refractivity contribution in [3.05, 3.63) is 57.2 Å². The predicted octanol–water partition coefficient (Wildman–Crippen LogP) is 4.07. The minimum absolute atomic E-state index is 0.0510. The van der Waals surface area contributed by atoms with Gasteiger partial charge in [0, 0.05) is 5.02 Å². The van der Waals surface area contributed by atoms with Crippen LogP contribution in [0.4, 0.5) is 0 Å². The molecule has 1 aromatic heterocycles. The summed E-state index contributed by atoms with van der Waals surface area (Å²) < 4.78 is 0. The van der Waals surface area contributed by atoms with Crippen LogP contribution in [0.15, 0.2) is 41.8 Å². The Balaban J connectivity index is 2.16. The first-order chi connectivity index (χ1) is 8.49. The van der Waals surface area contributed by atoms with E-state index in [0.29, 0.717) is 5.02 Å². The molecule has 0 radical (unpaired) electrons. The lowest BCUT2D eigenvalue weighted by Gasteiger charge is -2.26. The zero-order valence-electron chi connectivity index (χ0n) is 10.2. The van der Waals surface area contributed by atoms with E-state index in [1.807, 2.05) is 55.6 Å². The van der Waals surface area contributed by atoms with Crippen molar-refractivity contribution in [2.75, 3.05) is 0 Å². The highest BCUT2D eigenvalue weighted by Crippen LogP contribution is 2.23. The molecule has 2 aromatic rings. The summed E-state index contributed by atoms with van der Waals surface area (Å²) in [4.78, 5) is 12.8. The molecule has 2 rings (SSSR count). The Labute approximate surface area is 116 Å².